The van der Waals surface area contributed by atoms with Crippen molar-refractivity contribution in [2.45, 2.75) is 32.8 Å². The highest BCUT2D eigenvalue weighted by Gasteiger charge is 2.21. The highest BCUT2D eigenvalue weighted by molar-refractivity contribution is 5.88. The van der Waals surface area contributed by atoms with Gasteiger partial charge in [-0.3, -0.25) is 10.1 Å². The van der Waals surface area contributed by atoms with Crippen molar-refractivity contribution in [1.29, 1.82) is 0 Å². The van der Waals surface area contributed by atoms with E-state index >= 15 is 0 Å². The van der Waals surface area contributed by atoms with Crippen LogP contribution in [0.25, 0.3) is 0 Å². The monoisotopic (exact) mass is 263 g/mol. The Balaban J connectivity index is 2.83. The van der Waals surface area contributed by atoms with Crippen LogP contribution in [0.5, 0.6) is 0 Å². The molecule has 0 aliphatic rings. The third-order valence-electron chi connectivity index (χ3n) is 2.28. The minimum absolute atomic E-state index is 0.0211. The summed E-state index contributed by atoms with van der Waals surface area (Å²) in [7, 11) is 0. The first-order valence-corrected chi connectivity index (χ1v) is 5.84. The fraction of sp³-hybridized carbons (Fsp3) is 0.357. The summed E-state index contributed by atoms with van der Waals surface area (Å²) in [5.41, 5.74) is 0.0163. The Labute approximate surface area is 112 Å². The van der Waals surface area contributed by atoms with Crippen LogP contribution in [-0.4, -0.2) is 16.5 Å². The molecule has 1 aromatic carbocycles. The van der Waals surface area contributed by atoms with E-state index in [0.29, 0.717) is 5.56 Å². The number of hydrogen-bond acceptors (Lipinski definition) is 4. The second kappa shape index (κ2) is 5.65. The summed E-state index contributed by atoms with van der Waals surface area (Å²) in [6, 6.07) is 6.27. The molecule has 5 nitrogen and oxygen atoms in total. The van der Waals surface area contributed by atoms with Gasteiger partial charge in [0.15, 0.2) is 0 Å². The van der Waals surface area contributed by atoms with Crippen LogP contribution in [0.3, 0.4) is 0 Å². The van der Waals surface area contributed by atoms with Gasteiger partial charge in [-0.25, -0.2) is 4.79 Å². The minimum atomic E-state index is -0.608. The first kappa shape index (κ1) is 14.9. The highest BCUT2D eigenvalue weighted by atomic mass is 16.6. The number of carbonyl (C=O) groups excluding carboxylic acids is 1. The molecule has 0 unspecified atom stereocenters. The maximum absolute atomic E-state index is 11.8. The lowest BCUT2D eigenvalue weighted by Gasteiger charge is -2.20. The third-order valence-corrected chi connectivity index (χ3v) is 2.28. The van der Waals surface area contributed by atoms with E-state index < -0.39 is 16.5 Å². The Hall–Kier alpha value is -2.17. The van der Waals surface area contributed by atoms with E-state index in [4.69, 9.17) is 4.74 Å². The van der Waals surface area contributed by atoms with Gasteiger partial charge in [-0.05, 0) is 20.8 Å². The lowest BCUT2D eigenvalue weighted by Crippen LogP contribution is -2.25. The van der Waals surface area contributed by atoms with Crippen LogP contribution >= 0.6 is 0 Å². The number of rotatable bonds is 4. The molecule has 19 heavy (non-hydrogen) atoms. The number of carbonyl (C=O) groups is 1. The Bertz CT molecular complexity index is 514. The molecule has 1 rings (SSSR count). The number of benzene rings is 1. The molecule has 0 heterocycles. The number of ether oxygens (including phenoxy) is 1. The van der Waals surface area contributed by atoms with Crippen LogP contribution < -0.4 is 0 Å². The van der Waals surface area contributed by atoms with Crippen LogP contribution in [0.1, 0.15) is 26.3 Å². The summed E-state index contributed by atoms with van der Waals surface area (Å²) in [5, 5.41) is 10.9. The Morgan fingerprint density at radius 1 is 1.37 bits per heavy atom. The van der Waals surface area contributed by atoms with Gasteiger partial charge in [0.1, 0.15) is 5.60 Å². The smallest absolute Gasteiger partial charge is 0.334 e. The molecule has 5 heteroatoms. The van der Waals surface area contributed by atoms with Crippen molar-refractivity contribution in [3.63, 3.8) is 0 Å². The Morgan fingerprint density at radius 2 is 1.95 bits per heavy atom. The summed E-state index contributed by atoms with van der Waals surface area (Å²) in [5.74, 6) is -0.536. The summed E-state index contributed by atoms with van der Waals surface area (Å²) < 4.78 is 5.16. The molecule has 0 N–H and O–H groups in total. The molecule has 0 bridgehead atoms. The molecule has 102 valence electrons. The SMILES string of the molecule is C=C(Cc1ccccc1[N+](=O)[O-])C(=O)OC(C)(C)C. The molecule has 0 aromatic heterocycles. The fourth-order valence-electron chi connectivity index (χ4n) is 1.49. The lowest BCUT2D eigenvalue weighted by molar-refractivity contribution is -0.385. The van der Waals surface area contributed by atoms with Crippen LogP contribution in [0.4, 0.5) is 5.69 Å². The molecule has 1 aromatic rings. The molecule has 0 amide bonds. The second-order valence-corrected chi connectivity index (χ2v) is 5.17. The van der Waals surface area contributed by atoms with Crippen molar-refractivity contribution < 1.29 is 14.5 Å². The summed E-state index contributed by atoms with van der Waals surface area (Å²) in [6.45, 7) is 8.90. The molecule has 0 aliphatic heterocycles. The molecular formula is C14H17NO4. The van der Waals surface area contributed by atoms with Crippen molar-refractivity contribution in [2.24, 2.45) is 0 Å². The standard InChI is InChI=1S/C14H17NO4/c1-10(13(16)19-14(2,3)4)9-11-7-5-6-8-12(11)15(17)18/h5-8H,1,9H2,2-4H3. The van der Waals surface area contributed by atoms with Gasteiger partial charge in [0.2, 0.25) is 0 Å². The van der Waals surface area contributed by atoms with Gasteiger partial charge in [-0.15, -0.1) is 0 Å². The van der Waals surface area contributed by atoms with Crippen molar-refractivity contribution in [2.75, 3.05) is 0 Å². The average molecular weight is 263 g/mol. The normalized spacial score (nSPS) is 10.9. The molecule has 0 aliphatic carbocycles. The number of para-hydroxylation sites is 1. The highest BCUT2D eigenvalue weighted by Crippen LogP contribution is 2.21. The fourth-order valence-corrected chi connectivity index (χ4v) is 1.49. The van der Waals surface area contributed by atoms with Crippen molar-refractivity contribution >= 4 is 11.7 Å². The third kappa shape index (κ3) is 4.54. The van der Waals surface area contributed by atoms with Gasteiger partial charge < -0.3 is 4.74 Å². The van der Waals surface area contributed by atoms with Crippen LogP contribution in [0, 0.1) is 10.1 Å². The van der Waals surface area contributed by atoms with E-state index in [-0.39, 0.29) is 17.7 Å². The maximum Gasteiger partial charge on any atom is 0.334 e. The largest absolute Gasteiger partial charge is 0.457 e. The van der Waals surface area contributed by atoms with Crippen molar-refractivity contribution in [3.05, 3.63) is 52.1 Å². The number of esters is 1. The van der Waals surface area contributed by atoms with Gasteiger partial charge in [-0.1, -0.05) is 24.8 Å². The molecule has 0 fully saturated rings. The predicted molar refractivity (Wildman–Crippen MR) is 71.8 cm³/mol. The van der Waals surface area contributed by atoms with Crippen LogP contribution in [-0.2, 0) is 16.0 Å². The number of hydrogen-bond donors (Lipinski definition) is 0. The number of nitrogens with zero attached hydrogens (tertiary/aromatic N) is 1. The van der Waals surface area contributed by atoms with E-state index in [1.165, 1.54) is 6.07 Å². The second-order valence-electron chi connectivity index (χ2n) is 5.17. The predicted octanol–water partition coefficient (Wildman–Crippen LogP) is 3.04. The zero-order valence-electron chi connectivity index (χ0n) is 11.3. The molecule has 0 atom stereocenters. The Morgan fingerprint density at radius 3 is 2.47 bits per heavy atom. The van der Waals surface area contributed by atoms with Gasteiger partial charge >= 0.3 is 5.97 Å². The van der Waals surface area contributed by atoms with Gasteiger partial charge in [0, 0.05) is 23.6 Å². The topological polar surface area (TPSA) is 69.4 Å². The average Bonchev–Trinajstić information content (AvgIpc) is 2.27. The van der Waals surface area contributed by atoms with E-state index in [2.05, 4.69) is 6.58 Å². The Kier molecular flexibility index (Phi) is 4.43. The van der Waals surface area contributed by atoms with Crippen molar-refractivity contribution in [1.82, 2.24) is 0 Å². The van der Waals surface area contributed by atoms with Crippen LogP contribution in [0.2, 0.25) is 0 Å². The summed E-state index contributed by atoms with van der Waals surface area (Å²) in [4.78, 5) is 22.1. The molecule has 0 saturated carbocycles. The number of nitro groups is 1. The first-order valence-electron chi connectivity index (χ1n) is 5.84. The lowest BCUT2D eigenvalue weighted by atomic mass is 10.0. The van der Waals surface area contributed by atoms with E-state index in [1.54, 1.807) is 39.0 Å². The van der Waals surface area contributed by atoms with E-state index in [9.17, 15) is 14.9 Å². The maximum atomic E-state index is 11.8. The summed E-state index contributed by atoms with van der Waals surface area (Å²) in [6.07, 6.45) is 0.103. The van der Waals surface area contributed by atoms with E-state index in [1.807, 2.05) is 0 Å². The zero-order chi connectivity index (χ0) is 14.6. The van der Waals surface area contributed by atoms with Crippen molar-refractivity contribution in [3.8, 4) is 0 Å². The quantitative estimate of drug-likeness (QED) is 0.362. The zero-order valence-corrected chi connectivity index (χ0v) is 11.3. The van der Waals surface area contributed by atoms with Crippen LogP contribution in [0.15, 0.2) is 36.4 Å². The first-order chi connectivity index (χ1) is 8.70. The van der Waals surface area contributed by atoms with Gasteiger partial charge in [-0.2, -0.15) is 0 Å². The number of nitro benzene ring substituents is 1. The molecule has 0 saturated heterocycles. The molecule has 0 radical (unpaired) electrons. The molecule has 0 spiro atoms. The molecular weight excluding hydrogens is 246 g/mol. The minimum Gasteiger partial charge on any atom is -0.457 e. The van der Waals surface area contributed by atoms with Gasteiger partial charge in [0.25, 0.3) is 5.69 Å². The summed E-state index contributed by atoms with van der Waals surface area (Å²) >= 11 is 0. The van der Waals surface area contributed by atoms with Gasteiger partial charge in [0.05, 0.1) is 4.92 Å². The van der Waals surface area contributed by atoms with E-state index in [0.717, 1.165) is 0 Å².